The van der Waals surface area contributed by atoms with Gasteiger partial charge in [0.25, 0.3) is 0 Å². The highest BCUT2D eigenvalue weighted by Crippen LogP contribution is 2.40. The van der Waals surface area contributed by atoms with Gasteiger partial charge in [-0.1, -0.05) is 18.2 Å². The predicted octanol–water partition coefficient (Wildman–Crippen LogP) is 2.32. The molecule has 0 radical (unpaired) electrons. The quantitative estimate of drug-likeness (QED) is 0.851. The first-order valence-electron chi connectivity index (χ1n) is 5.62. The molecule has 16 heavy (non-hydrogen) atoms. The molecule has 1 N–H and O–H groups in total. The number of hydrogen-bond acceptors (Lipinski definition) is 2. The molecule has 1 unspecified atom stereocenters. The highest BCUT2D eigenvalue weighted by molar-refractivity contribution is 5.31. The molecule has 1 saturated carbocycles. The van der Waals surface area contributed by atoms with Crippen LogP contribution in [0.15, 0.2) is 42.9 Å². The van der Waals surface area contributed by atoms with Gasteiger partial charge in [0.2, 0.25) is 0 Å². The highest BCUT2D eigenvalue weighted by atomic mass is 16.3. The molecule has 1 fully saturated rings. The molecule has 2 aromatic rings. The van der Waals surface area contributed by atoms with E-state index in [1.165, 1.54) is 0 Å². The summed E-state index contributed by atoms with van der Waals surface area (Å²) in [6, 6.07) is 10.0. The Bertz CT molecular complexity index is 474. The molecule has 3 rings (SSSR count). The molecule has 0 spiro atoms. The molecule has 0 amide bonds. The van der Waals surface area contributed by atoms with Crippen LogP contribution in [0.25, 0.3) is 5.69 Å². The molecule has 1 heterocycles. The molecular weight excluding hydrogens is 200 g/mol. The van der Waals surface area contributed by atoms with Gasteiger partial charge >= 0.3 is 0 Å². The Morgan fingerprint density at radius 2 is 2.00 bits per heavy atom. The van der Waals surface area contributed by atoms with E-state index in [1.54, 1.807) is 6.33 Å². The second-order valence-corrected chi connectivity index (χ2v) is 4.32. The summed E-state index contributed by atoms with van der Waals surface area (Å²) in [5.41, 5.74) is 1.86. The van der Waals surface area contributed by atoms with E-state index in [-0.39, 0.29) is 6.10 Å². The number of para-hydroxylation sites is 1. The van der Waals surface area contributed by atoms with Gasteiger partial charge in [-0.15, -0.1) is 0 Å². The van der Waals surface area contributed by atoms with E-state index >= 15 is 0 Å². The van der Waals surface area contributed by atoms with Crippen LogP contribution in [0.2, 0.25) is 0 Å². The Kier molecular flexibility index (Phi) is 2.26. The first-order valence-corrected chi connectivity index (χ1v) is 5.62. The minimum absolute atomic E-state index is 0.384. The van der Waals surface area contributed by atoms with Crippen molar-refractivity contribution in [3.63, 3.8) is 0 Å². The average Bonchev–Trinajstić information content (AvgIpc) is 3.07. The fourth-order valence-electron chi connectivity index (χ4n) is 1.89. The van der Waals surface area contributed by atoms with Crippen LogP contribution in [0.3, 0.4) is 0 Å². The van der Waals surface area contributed by atoms with Gasteiger partial charge < -0.3 is 9.67 Å². The van der Waals surface area contributed by atoms with E-state index < -0.39 is 0 Å². The lowest BCUT2D eigenvalue weighted by atomic mass is 10.2. The highest BCUT2D eigenvalue weighted by Gasteiger charge is 2.32. The number of rotatable bonds is 3. The lowest BCUT2D eigenvalue weighted by molar-refractivity contribution is 0.149. The summed E-state index contributed by atoms with van der Waals surface area (Å²) in [7, 11) is 0. The zero-order valence-electron chi connectivity index (χ0n) is 8.95. The van der Waals surface area contributed by atoms with Crippen molar-refractivity contribution in [1.29, 1.82) is 0 Å². The summed E-state index contributed by atoms with van der Waals surface area (Å²) in [6.07, 6.45) is 5.54. The number of benzene rings is 1. The molecule has 3 heteroatoms. The summed E-state index contributed by atoms with van der Waals surface area (Å²) in [5, 5.41) is 9.94. The van der Waals surface area contributed by atoms with E-state index in [0.29, 0.717) is 5.92 Å². The number of imidazole rings is 1. The molecule has 0 bridgehead atoms. The lowest BCUT2D eigenvalue weighted by Crippen LogP contribution is -1.99. The van der Waals surface area contributed by atoms with Gasteiger partial charge in [-0.05, 0) is 30.9 Å². The first kappa shape index (κ1) is 9.60. The van der Waals surface area contributed by atoms with Crippen LogP contribution in [0.1, 0.15) is 24.6 Å². The van der Waals surface area contributed by atoms with E-state index in [0.717, 1.165) is 24.2 Å². The van der Waals surface area contributed by atoms with Crippen LogP contribution in [0.4, 0.5) is 0 Å². The molecule has 1 atom stereocenters. The van der Waals surface area contributed by atoms with Crippen molar-refractivity contribution in [3.8, 4) is 5.69 Å². The first-order chi connectivity index (χ1) is 7.84. The molecule has 1 aliphatic rings. The smallest absolute Gasteiger partial charge is 0.100 e. The van der Waals surface area contributed by atoms with Crippen molar-refractivity contribution < 1.29 is 5.11 Å². The molecule has 3 nitrogen and oxygen atoms in total. The molecule has 82 valence electrons. The Morgan fingerprint density at radius 1 is 1.25 bits per heavy atom. The summed E-state index contributed by atoms with van der Waals surface area (Å²) in [5.74, 6) is 0.430. The lowest BCUT2D eigenvalue weighted by Gasteiger charge is -2.04. The van der Waals surface area contributed by atoms with E-state index in [1.807, 2.05) is 41.1 Å². The molecule has 1 aromatic carbocycles. The Hall–Kier alpha value is -1.61. The van der Waals surface area contributed by atoms with E-state index in [9.17, 15) is 5.11 Å². The monoisotopic (exact) mass is 214 g/mol. The molecule has 1 aliphatic carbocycles. The second-order valence-electron chi connectivity index (χ2n) is 4.32. The topological polar surface area (TPSA) is 38.0 Å². The van der Waals surface area contributed by atoms with Gasteiger partial charge in [-0.3, -0.25) is 0 Å². The fourth-order valence-corrected chi connectivity index (χ4v) is 1.89. The Morgan fingerprint density at radius 3 is 2.69 bits per heavy atom. The summed E-state index contributed by atoms with van der Waals surface area (Å²) >= 11 is 0. The number of aliphatic hydroxyl groups excluding tert-OH is 1. The second kappa shape index (κ2) is 3.76. The maximum absolute atomic E-state index is 9.94. The zero-order chi connectivity index (χ0) is 11.0. The van der Waals surface area contributed by atoms with Crippen LogP contribution in [-0.2, 0) is 0 Å². The van der Waals surface area contributed by atoms with Crippen molar-refractivity contribution in [3.05, 3.63) is 48.5 Å². The predicted molar refractivity (Wildman–Crippen MR) is 61.2 cm³/mol. The Labute approximate surface area is 94.4 Å². The average molecular weight is 214 g/mol. The van der Waals surface area contributed by atoms with Gasteiger partial charge in [-0.2, -0.15) is 0 Å². The third-order valence-corrected chi connectivity index (χ3v) is 3.03. The molecular formula is C13H14N2O. The summed E-state index contributed by atoms with van der Waals surface area (Å²) < 4.78 is 1.95. The van der Waals surface area contributed by atoms with Crippen molar-refractivity contribution in [1.82, 2.24) is 9.55 Å². The molecule has 1 aromatic heterocycles. The van der Waals surface area contributed by atoms with E-state index in [4.69, 9.17) is 0 Å². The van der Waals surface area contributed by atoms with Gasteiger partial charge in [-0.25, -0.2) is 4.98 Å². The SMILES string of the molecule is OC(c1cn(-c2ccccc2)cn1)C1CC1. The van der Waals surface area contributed by atoms with Crippen molar-refractivity contribution in [2.75, 3.05) is 0 Å². The third kappa shape index (κ3) is 1.74. The number of hydrogen-bond donors (Lipinski definition) is 1. The minimum atomic E-state index is -0.384. The van der Waals surface area contributed by atoms with Gasteiger partial charge in [0, 0.05) is 11.9 Å². The number of aliphatic hydroxyl groups is 1. The number of nitrogens with zero attached hydrogens (tertiary/aromatic N) is 2. The van der Waals surface area contributed by atoms with Crippen LogP contribution in [-0.4, -0.2) is 14.7 Å². The largest absolute Gasteiger partial charge is 0.386 e. The van der Waals surface area contributed by atoms with Crippen LogP contribution in [0.5, 0.6) is 0 Å². The van der Waals surface area contributed by atoms with E-state index in [2.05, 4.69) is 4.98 Å². The van der Waals surface area contributed by atoms with Crippen LogP contribution >= 0.6 is 0 Å². The maximum Gasteiger partial charge on any atom is 0.100 e. The van der Waals surface area contributed by atoms with Gasteiger partial charge in [0.1, 0.15) is 6.10 Å². The van der Waals surface area contributed by atoms with Crippen molar-refractivity contribution in [2.24, 2.45) is 5.92 Å². The van der Waals surface area contributed by atoms with Crippen molar-refractivity contribution >= 4 is 0 Å². The fraction of sp³-hybridized carbons (Fsp3) is 0.308. The summed E-state index contributed by atoms with van der Waals surface area (Å²) in [4.78, 5) is 4.27. The minimum Gasteiger partial charge on any atom is -0.386 e. The third-order valence-electron chi connectivity index (χ3n) is 3.03. The normalized spacial score (nSPS) is 17.3. The van der Waals surface area contributed by atoms with Gasteiger partial charge in [0.05, 0.1) is 12.0 Å². The molecule has 0 aliphatic heterocycles. The Balaban J connectivity index is 1.87. The number of aromatic nitrogens is 2. The maximum atomic E-state index is 9.94. The van der Waals surface area contributed by atoms with Crippen LogP contribution in [0, 0.1) is 5.92 Å². The zero-order valence-corrected chi connectivity index (χ0v) is 8.95. The molecule has 0 saturated heterocycles. The van der Waals surface area contributed by atoms with Crippen LogP contribution < -0.4 is 0 Å². The van der Waals surface area contributed by atoms with Gasteiger partial charge in [0.15, 0.2) is 0 Å². The van der Waals surface area contributed by atoms with Crippen molar-refractivity contribution in [2.45, 2.75) is 18.9 Å². The standard InChI is InChI=1S/C13H14N2O/c16-13(10-6-7-10)12-8-15(9-14-12)11-4-2-1-3-5-11/h1-5,8-10,13,16H,6-7H2. The summed E-state index contributed by atoms with van der Waals surface area (Å²) in [6.45, 7) is 0.